The Morgan fingerprint density at radius 1 is 0.938 bits per heavy atom. The van der Waals surface area contributed by atoms with Gasteiger partial charge in [0.05, 0.1) is 0 Å². The molecule has 0 aromatic heterocycles. The van der Waals surface area contributed by atoms with Crippen molar-refractivity contribution in [1.29, 1.82) is 0 Å². The Hall–Kier alpha value is -2.30. The molecule has 0 saturated heterocycles. The maximum atomic E-state index is 10.0. The van der Waals surface area contributed by atoms with Gasteiger partial charge in [0.1, 0.15) is 0 Å². The summed E-state index contributed by atoms with van der Waals surface area (Å²) in [5.41, 5.74) is 0. The number of ether oxygens (including phenoxy) is 2. The number of hydrogen-bond acceptors (Lipinski definition) is 4. The molecule has 0 aliphatic carbocycles. The molecule has 2 amide bonds. The number of nitrogens with one attached hydrogen (secondary N) is 1. The summed E-state index contributed by atoms with van der Waals surface area (Å²) in [5.74, 6) is 1.03. The molecule has 5 nitrogen and oxygen atoms in total. The van der Waals surface area contributed by atoms with Gasteiger partial charge in [-0.05, 0) is 12.1 Å². The van der Waals surface area contributed by atoms with Crippen molar-refractivity contribution in [2.75, 3.05) is 6.79 Å². The van der Waals surface area contributed by atoms with Crippen molar-refractivity contribution in [2.45, 2.75) is 0 Å². The van der Waals surface area contributed by atoms with Gasteiger partial charge in [0.25, 0.3) is 11.8 Å². The van der Waals surface area contributed by atoms with Gasteiger partial charge in [0, 0.05) is 12.2 Å². The van der Waals surface area contributed by atoms with Crippen molar-refractivity contribution in [3.63, 3.8) is 0 Å². The van der Waals surface area contributed by atoms with E-state index in [2.05, 4.69) is 0 Å². The lowest BCUT2D eigenvalue weighted by atomic mass is 10.3. The Balaban J connectivity index is 0.000000125. The Kier molecular flexibility index (Phi) is 2.86. The number of para-hydroxylation sites is 2. The van der Waals surface area contributed by atoms with Crippen LogP contribution in [0.25, 0.3) is 0 Å². The van der Waals surface area contributed by atoms with Crippen LogP contribution in [0.5, 0.6) is 11.5 Å². The summed E-state index contributed by atoms with van der Waals surface area (Å²) >= 11 is 0. The molecule has 0 fully saturated rings. The highest BCUT2D eigenvalue weighted by Gasteiger charge is 2.09. The molecule has 16 heavy (non-hydrogen) atoms. The fourth-order valence-electron chi connectivity index (χ4n) is 1.20. The molecule has 2 aliphatic heterocycles. The molecule has 0 saturated carbocycles. The second-order valence-electron chi connectivity index (χ2n) is 3.04. The molecule has 1 aromatic carbocycles. The number of fused-ring (bicyclic) bond motifs is 1. The van der Waals surface area contributed by atoms with Crippen LogP contribution in [0.15, 0.2) is 36.4 Å². The van der Waals surface area contributed by atoms with Crippen molar-refractivity contribution in [3.8, 4) is 11.5 Å². The number of carbonyl (C=O) groups excluding carboxylic acids is 2. The number of rotatable bonds is 0. The maximum absolute atomic E-state index is 10.0. The van der Waals surface area contributed by atoms with E-state index in [4.69, 9.17) is 9.47 Å². The molecule has 0 radical (unpaired) electrons. The molecule has 5 heteroatoms. The van der Waals surface area contributed by atoms with E-state index in [1.165, 1.54) is 12.2 Å². The number of hydrogen-bond donors (Lipinski definition) is 1. The molecular formula is C11H9NO4. The predicted octanol–water partition coefficient (Wildman–Crippen LogP) is 0.614. The molecule has 0 unspecified atom stereocenters. The summed E-state index contributed by atoms with van der Waals surface area (Å²) in [6, 6.07) is 7.63. The number of benzene rings is 1. The van der Waals surface area contributed by atoms with E-state index in [1.807, 2.05) is 29.6 Å². The molecular weight excluding hydrogens is 210 g/mol. The number of amides is 2. The van der Waals surface area contributed by atoms with E-state index in [-0.39, 0.29) is 11.8 Å². The number of carbonyl (C=O) groups is 2. The Labute approximate surface area is 91.7 Å². The quantitative estimate of drug-likeness (QED) is 0.649. The lowest BCUT2D eigenvalue weighted by molar-refractivity contribution is -0.123. The Morgan fingerprint density at radius 3 is 1.81 bits per heavy atom. The van der Waals surface area contributed by atoms with Crippen LogP contribution in [0, 0.1) is 0 Å². The minimum atomic E-state index is -0.329. The van der Waals surface area contributed by atoms with Gasteiger partial charge in [0.15, 0.2) is 11.5 Å². The maximum Gasteiger partial charge on any atom is 0.250 e. The van der Waals surface area contributed by atoms with Gasteiger partial charge in [-0.1, -0.05) is 12.1 Å². The van der Waals surface area contributed by atoms with Gasteiger partial charge >= 0.3 is 0 Å². The first-order valence-corrected chi connectivity index (χ1v) is 4.63. The van der Waals surface area contributed by atoms with Gasteiger partial charge in [-0.2, -0.15) is 0 Å². The normalized spacial score (nSPS) is 15.5. The summed E-state index contributed by atoms with van der Waals surface area (Å²) in [6.45, 7) is 0.360. The largest absolute Gasteiger partial charge is 0.454 e. The fourth-order valence-corrected chi connectivity index (χ4v) is 1.20. The zero-order valence-corrected chi connectivity index (χ0v) is 8.30. The van der Waals surface area contributed by atoms with Crippen LogP contribution in [-0.2, 0) is 9.59 Å². The summed E-state index contributed by atoms with van der Waals surface area (Å²) in [7, 11) is 0. The molecule has 0 bridgehead atoms. The van der Waals surface area contributed by atoms with Gasteiger partial charge in [0.2, 0.25) is 6.79 Å². The molecule has 82 valence electrons. The van der Waals surface area contributed by atoms with Gasteiger partial charge in [-0.25, -0.2) is 0 Å². The third-order valence-electron chi connectivity index (χ3n) is 1.91. The first kappa shape index (κ1) is 10.2. The van der Waals surface area contributed by atoms with E-state index < -0.39 is 0 Å². The first-order chi connectivity index (χ1) is 7.75. The van der Waals surface area contributed by atoms with E-state index in [1.54, 1.807) is 0 Å². The van der Waals surface area contributed by atoms with Gasteiger partial charge in [-0.15, -0.1) is 0 Å². The van der Waals surface area contributed by atoms with Crippen molar-refractivity contribution >= 4 is 11.8 Å². The van der Waals surface area contributed by atoms with E-state index in [9.17, 15) is 9.59 Å². The fraction of sp³-hybridized carbons (Fsp3) is 0.0909. The summed E-state index contributed by atoms with van der Waals surface area (Å²) in [5, 5.41) is 2.03. The molecule has 0 spiro atoms. The Morgan fingerprint density at radius 2 is 1.44 bits per heavy atom. The van der Waals surface area contributed by atoms with Crippen LogP contribution < -0.4 is 14.8 Å². The second-order valence-corrected chi connectivity index (χ2v) is 3.04. The molecule has 1 N–H and O–H groups in total. The third-order valence-corrected chi connectivity index (χ3v) is 1.91. The highest BCUT2D eigenvalue weighted by molar-refractivity contribution is 6.12. The van der Waals surface area contributed by atoms with Gasteiger partial charge in [-0.3, -0.25) is 14.9 Å². The first-order valence-electron chi connectivity index (χ1n) is 4.63. The average molecular weight is 219 g/mol. The zero-order valence-electron chi connectivity index (χ0n) is 8.30. The van der Waals surface area contributed by atoms with Crippen molar-refractivity contribution in [2.24, 2.45) is 0 Å². The van der Waals surface area contributed by atoms with Crippen molar-refractivity contribution < 1.29 is 19.1 Å². The molecule has 0 atom stereocenters. The van der Waals surface area contributed by atoms with Crippen LogP contribution in [-0.4, -0.2) is 18.6 Å². The van der Waals surface area contributed by atoms with Crippen LogP contribution in [0.4, 0.5) is 0 Å². The smallest absolute Gasteiger partial charge is 0.250 e. The van der Waals surface area contributed by atoms with E-state index >= 15 is 0 Å². The minimum absolute atomic E-state index is 0.329. The predicted molar refractivity (Wildman–Crippen MR) is 54.9 cm³/mol. The Bertz CT molecular complexity index is 414. The second kappa shape index (κ2) is 4.48. The average Bonchev–Trinajstić information content (AvgIpc) is 2.88. The monoisotopic (exact) mass is 219 g/mol. The van der Waals surface area contributed by atoms with Crippen LogP contribution in [0.2, 0.25) is 0 Å². The highest BCUT2D eigenvalue weighted by Crippen LogP contribution is 2.30. The molecule has 3 rings (SSSR count). The number of imide groups is 1. The van der Waals surface area contributed by atoms with Crippen molar-refractivity contribution in [1.82, 2.24) is 5.32 Å². The summed E-state index contributed by atoms with van der Waals surface area (Å²) in [4.78, 5) is 20.1. The summed E-state index contributed by atoms with van der Waals surface area (Å²) in [6.07, 6.45) is 2.39. The SMILES string of the molecule is O=C1C=CC(=O)N1.c1ccc2c(c1)OCO2. The van der Waals surface area contributed by atoms with Gasteiger partial charge < -0.3 is 9.47 Å². The zero-order chi connectivity index (χ0) is 11.4. The lowest BCUT2D eigenvalue weighted by Crippen LogP contribution is -2.19. The molecule has 1 aromatic rings. The van der Waals surface area contributed by atoms with Crippen molar-refractivity contribution in [3.05, 3.63) is 36.4 Å². The summed E-state index contributed by atoms with van der Waals surface area (Å²) < 4.78 is 10.2. The third kappa shape index (κ3) is 2.38. The molecule has 2 heterocycles. The van der Waals surface area contributed by atoms with E-state index in [0.717, 1.165) is 11.5 Å². The molecule has 2 aliphatic rings. The lowest BCUT2D eigenvalue weighted by Gasteiger charge is -1.89. The van der Waals surface area contributed by atoms with Crippen LogP contribution >= 0.6 is 0 Å². The van der Waals surface area contributed by atoms with Crippen LogP contribution in [0.1, 0.15) is 0 Å². The standard InChI is InChI=1S/C7H6O2.C4H3NO2/c1-2-4-7-6(3-1)8-5-9-7;6-3-1-2-4(7)5-3/h1-4H,5H2;1-2H,(H,5,6,7). The van der Waals surface area contributed by atoms with E-state index in [0.29, 0.717) is 6.79 Å². The minimum Gasteiger partial charge on any atom is -0.454 e. The van der Waals surface area contributed by atoms with Crippen LogP contribution in [0.3, 0.4) is 0 Å². The highest BCUT2D eigenvalue weighted by atomic mass is 16.7. The topological polar surface area (TPSA) is 64.6 Å².